The first-order valence-corrected chi connectivity index (χ1v) is 17.8. The lowest BCUT2D eigenvalue weighted by Crippen LogP contribution is -2.31. The fraction of sp³-hybridized carbons (Fsp3) is 0.217. The summed E-state index contributed by atoms with van der Waals surface area (Å²) in [6, 6.07) is 36.2. The lowest BCUT2D eigenvalue weighted by Gasteiger charge is -2.21. The van der Waals surface area contributed by atoms with Crippen LogP contribution in [0, 0.1) is 13.8 Å². The number of aromatic nitrogens is 4. The third-order valence-corrected chi connectivity index (χ3v) is 10.8. The molecular formula is C46H43N4O+. The highest BCUT2D eigenvalue weighted by Gasteiger charge is 2.35. The molecule has 0 aliphatic rings. The Morgan fingerprint density at radius 2 is 1.35 bits per heavy atom. The number of fused-ring (bicyclic) bond motifs is 8. The highest BCUT2D eigenvalue weighted by molar-refractivity contribution is 6.22. The fourth-order valence-electron chi connectivity index (χ4n) is 8.37. The Bertz CT molecular complexity index is 2930. The minimum atomic E-state index is -2.47. The molecule has 0 bridgehead atoms. The summed E-state index contributed by atoms with van der Waals surface area (Å²) in [5.41, 5.74) is 12.7. The highest BCUT2D eigenvalue weighted by atomic mass is 16.3. The van der Waals surface area contributed by atoms with E-state index in [4.69, 9.17) is 13.5 Å². The van der Waals surface area contributed by atoms with E-state index in [9.17, 15) is 0 Å². The Morgan fingerprint density at radius 3 is 2.06 bits per heavy atom. The van der Waals surface area contributed by atoms with Crippen molar-refractivity contribution in [3.05, 3.63) is 126 Å². The molecule has 0 amide bonds. The van der Waals surface area contributed by atoms with E-state index in [1.807, 2.05) is 32.2 Å². The van der Waals surface area contributed by atoms with E-state index in [-0.39, 0.29) is 17.5 Å². The lowest BCUT2D eigenvalue weighted by molar-refractivity contribution is -0.633. The molecule has 0 fully saturated rings. The van der Waals surface area contributed by atoms with Crippen molar-refractivity contribution in [1.82, 2.24) is 14.1 Å². The summed E-state index contributed by atoms with van der Waals surface area (Å²) in [6.07, 6.45) is 0. The number of aryl methyl sites for hydroxylation is 4. The fourth-order valence-corrected chi connectivity index (χ4v) is 8.37. The van der Waals surface area contributed by atoms with Gasteiger partial charge in [-0.1, -0.05) is 94.4 Å². The Balaban J connectivity index is 1.47. The third-order valence-electron chi connectivity index (χ3n) is 10.8. The summed E-state index contributed by atoms with van der Waals surface area (Å²) in [7, 11) is 4.13. The standard InChI is InChI=1S/C46H43N4O/c1-26(2)35-24-31(30-16-10-9-11-17-30)25-36(27(3)4)42(35)50-39-21-15-14-20-38(39)49(8)46(50)41-29(6)47-28(5)40-34-23-22-33-32-18-12-13-19-37(32)48(7)43(33)44(34)51-45(40)41/h9-27H,1-8H3/q+1/i5D3. The molecule has 0 aliphatic heterocycles. The zero-order valence-corrected chi connectivity index (χ0v) is 30.2. The van der Waals surface area contributed by atoms with Gasteiger partial charge in [0, 0.05) is 49.7 Å². The molecule has 5 aromatic carbocycles. The van der Waals surface area contributed by atoms with Gasteiger partial charge in [-0.3, -0.25) is 4.98 Å². The number of hydrogen-bond acceptors (Lipinski definition) is 2. The zero-order chi connectivity index (χ0) is 37.8. The van der Waals surface area contributed by atoms with Crippen molar-refractivity contribution in [2.24, 2.45) is 14.1 Å². The minimum absolute atomic E-state index is 0.0545. The van der Waals surface area contributed by atoms with Crippen molar-refractivity contribution in [3.63, 3.8) is 0 Å². The molecule has 0 saturated carbocycles. The second-order valence-corrected chi connectivity index (χ2v) is 14.5. The molecule has 0 aliphatic carbocycles. The van der Waals surface area contributed by atoms with Crippen molar-refractivity contribution in [2.45, 2.75) is 53.3 Å². The number of para-hydroxylation sites is 3. The van der Waals surface area contributed by atoms with E-state index in [0.29, 0.717) is 22.2 Å². The smallest absolute Gasteiger partial charge is 0.300 e. The van der Waals surface area contributed by atoms with Gasteiger partial charge in [0.2, 0.25) is 0 Å². The van der Waals surface area contributed by atoms with Crippen LogP contribution < -0.4 is 4.57 Å². The Kier molecular flexibility index (Phi) is 6.29. The van der Waals surface area contributed by atoms with E-state index >= 15 is 0 Å². The normalized spacial score (nSPS) is 13.4. The molecular weight excluding hydrogens is 625 g/mol. The van der Waals surface area contributed by atoms with Crippen molar-refractivity contribution in [3.8, 4) is 28.2 Å². The molecule has 9 rings (SSSR count). The van der Waals surface area contributed by atoms with Gasteiger partial charge in [-0.15, -0.1) is 0 Å². The third kappa shape index (κ3) is 4.47. The molecule has 0 radical (unpaired) electrons. The quantitative estimate of drug-likeness (QED) is 0.171. The van der Waals surface area contributed by atoms with Crippen LogP contribution in [-0.4, -0.2) is 14.1 Å². The molecule has 9 aromatic rings. The van der Waals surface area contributed by atoms with Gasteiger partial charge in [0.1, 0.15) is 11.3 Å². The molecule has 4 heterocycles. The van der Waals surface area contributed by atoms with Crippen LogP contribution in [0.3, 0.4) is 0 Å². The van der Waals surface area contributed by atoms with Gasteiger partial charge in [0.25, 0.3) is 0 Å². The maximum absolute atomic E-state index is 8.70. The maximum atomic E-state index is 8.70. The predicted octanol–water partition coefficient (Wildman–Crippen LogP) is 11.6. The first-order chi connectivity index (χ1) is 25.9. The summed E-state index contributed by atoms with van der Waals surface area (Å²) in [5, 5.41) is 3.45. The molecule has 4 aromatic heterocycles. The molecule has 0 spiro atoms. The SMILES string of the molecule is [2H]C([2H])([2H])c1nc(C)c(-c2n(-c3c(C(C)C)cc(-c4ccccc4)cc3C(C)C)c3ccccc3[n+]2C)c2oc3c(ccc4c5ccccc5n(C)c43)c12. The van der Waals surface area contributed by atoms with Crippen molar-refractivity contribution in [2.75, 3.05) is 0 Å². The van der Waals surface area contributed by atoms with Crippen LogP contribution in [-0.2, 0) is 14.1 Å². The number of rotatable bonds is 5. The second-order valence-electron chi connectivity index (χ2n) is 14.5. The van der Waals surface area contributed by atoms with Crippen LogP contribution in [0.5, 0.6) is 0 Å². The van der Waals surface area contributed by atoms with Gasteiger partial charge in [-0.25, -0.2) is 4.57 Å². The summed E-state index contributed by atoms with van der Waals surface area (Å²) in [6.45, 7) is 8.48. The first-order valence-electron chi connectivity index (χ1n) is 19.3. The van der Waals surface area contributed by atoms with E-state index in [0.717, 1.165) is 55.3 Å². The maximum Gasteiger partial charge on any atom is 0.300 e. The van der Waals surface area contributed by atoms with Crippen LogP contribution in [0.25, 0.3) is 83.0 Å². The van der Waals surface area contributed by atoms with Crippen LogP contribution >= 0.6 is 0 Å². The van der Waals surface area contributed by atoms with Gasteiger partial charge in [-0.05, 0) is 73.1 Å². The molecule has 0 unspecified atom stereocenters. The summed E-state index contributed by atoms with van der Waals surface area (Å²) < 4.78 is 40.0. The molecule has 5 nitrogen and oxygen atoms in total. The molecule has 51 heavy (non-hydrogen) atoms. The highest BCUT2D eigenvalue weighted by Crippen LogP contribution is 2.45. The molecule has 0 N–H and O–H groups in total. The first kappa shape index (κ1) is 28.1. The number of imidazole rings is 1. The van der Waals surface area contributed by atoms with Crippen molar-refractivity contribution in [1.29, 1.82) is 0 Å². The van der Waals surface area contributed by atoms with Gasteiger partial charge in [0.15, 0.2) is 22.2 Å². The number of hydrogen-bond donors (Lipinski definition) is 0. The van der Waals surface area contributed by atoms with Crippen LogP contribution in [0.15, 0.2) is 108 Å². The molecule has 252 valence electrons. The molecule has 0 atom stereocenters. The molecule has 5 heteroatoms. The summed E-state index contributed by atoms with van der Waals surface area (Å²) in [4.78, 5) is 4.98. The Labute approximate surface area is 302 Å². The van der Waals surface area contributed by atoms with Gasteiger partial charge in [0.05, 0.1) is 23.6 Å². The lowest BCUT2D eigenvalue weighted by atomic mass is 9.88. The summed E-state index contributed by atoms with van der Waals surface area (Å²) >= 11 is 0. The van der Waals surface area contributed by atoms with Gasteiger partial charge >= 0.3 is 5.82 Å². The van der Waals surface area contributed by atoms with Crippen LogP contribution in [0.2, 0.25) is 0 Å². The summed E-state index contributed by atoms with van der Waals surface area (Å²) in [5.74, 6) is 1.28. The number of pyridine rings is 1. The van der Waals surface area contributed by atoms with E-state index < -0.39 is 6.85 Å². The van der Waals surface area contributed by atoms with Crippen molar-refractivity contribution >= 4 is 54.8 Å². The Hall–Kier alpha value is -5.68. The number of nitrogens with zero attached hydrogens (tertiary/aromatic N) is 4. The van der Waals surface area contributed by atoms with Crippen LogP contribution in [0.4, 0.5) is 0 Å². The number of benzene rings is 5. The van der Waals surface area contributed by atoms with E-state index in [1.165, 1.54) is 22.3 Å². The molecule has 0 saturated heterocycles. The number of furan rings is 1. The van der Waals surface area contributed by atoms with E-state index in [2.05, 4.69) is 133 Å². The van der Waals surface area contributed by atoms with Crippen molar-refractivity contribution < 1.29 is 13.1 Å². The Morgan fingerprint density at radius 1 is 0.706 bits per heavy atom. The van der Waals surface area contributed by atoms with Gasteiger partial charge in [-0.2, -0.15) is 4.57 Å². The largest absolute Gasteiger partial charge is 0.453 e. The average molecular weight is 671 g/mol. The van der Waals surface area contributed by atoms with E-state index in [1.54, 1.807) is 0 Å². The predicted molar refractivity (Wildman–Crippen MR) is 212 cm³/mol. The zero-order valence-electron chi connectivity index (χ0n) is 33.2. The topological polar surface area (TPSA) is 39.8 Å². The van der Waals surface area contributed by atoms with Gasteiger partial charge < -0.3 is 8.98 Å². The minimum Gasteiger partial charge on any atom is -0.453 e. The monoisotopic (exact) mass is 670 g/mol. The average Bonchev–Trinajstić information content (AvgIpc) is 3.78. The second kappa shape index (κ2) is 11.4. The van der Waals surface area contributed by atoms with Crippen LogP contribution in [0.1, 0.15) is 66.2 Å².